The third-order valence-electron chi connectivity index (χ3n) is 3.74. The molecule has 0 radical (unpaired) electrons. The molecule has 22 heavy (non-hydrogen) atoms. The SMILES string of the molecule is Cc1noc(-c2ccc(N3CC(C(=O)O)CC3=O)c(C)c2)n1. The number of anilines is 1. The third-order valence-corrected chi connectivity index (χ3v) is 3.74. The van der Waals surface area contributed by atoms with Gasteiger partial charge in [-0.2, -0.15) is 4.98 Å². The minimum atomic E-state index is -0.938. The maximum absolute atomic E-state index is 12.0. The number of carboxylic acid groups (broad SMARTS) is 1. The van der Waals surface area contributed by atoms with Gasteiger partial charge in [0.05, 0.1) is 5.92 Å². The van der Waals surface area contributed by atoms with Crippen LogP contribution in [0.2, 0.25) is 0 Å². The Morgan fingerprint density at radius 1 is 1.41 bits per heavy atom. The molecule has 1 atom stereocenters. The molecule has 1 aromatic carbocycles. The van der Waals surface area contributed by atoms with Crippen molar-refractivity contribution in [3.05, 3.63) is 29.6 Å². The van der Waals surface area contributed by atoms with E-state index in [0.29, 0.717) is 17.4 Å². The fourth-order valence-electron chi connectivity index (χ4n) is 2.61. The van der Waals surface area contributed by atoms with Crippen molar-refractivity contribution in [3.63, 3.8) is 0 Å². The van der Waals surface area contributed by atoms with Gasteiger partial charge in [0.1, 0.15) is 0 Å². The Labute approximate surface area is 126 Å². The van der Waals surface area contributed by atoms with E-state index >= 15 is 0 Å². The highest BCUT2D eigenvalue weighted by Crippen LogP contribution is 2.30. The minimum Gasteiger partial charge on any atom is -0.481 e. The summed E-state index contributed by atoms with van der Waals surface area (Å²) in [4.78, 5) is 28.8. The quantitative estimate of drug-likeness (QED) is 0.928. The molecule has 2 heterocycles. The molecule has 1 aromatic heterocycles. The molecule has 1 aliphatic heterocycles. The average molecular weight is 301 g/mol. The van der Waals surface area contributed by atoms with E-state index < -0.39 is 11.9 Å². The van der Waals surface area contributed by atoms with Gasteiger partial charge in [0.15, 0.2) is 5.82 Å². The van der Waals surface area contributed by atoms with E-state index in [-0.39, 0.29) is 18.9 Å². The van der Waals surface area contributed by atoms with Crippen LogP contribution in [0.3, 0.4) is 0 Å². The Balaban J connectivity index is 1.90. The average Bonchev–Trinajstić information content (AvgIpc) is 3.05. The number of carboxylic acids is 1. The summed E-state index contributed by atoms with van der Waals surface area (Å²) in [5, 5.41) is 12.8. The molecular formula is C15H15N3O4. The summed E-state index contributed by atoms with van der Waals surface area (Å²) < 4.78 is 5.12. The van der Waals surface area contributed by atoms with Crippen LogP contribution in [0.15, 0.2) is 22.7 Å². The van der Waals surface area contributed by atoms with Crippen molar-refractivity contribution in [1.82, 2.24) is 10.1 Å². The molecule has 1 aliphatic rings. The Morgan fingerprint density at radius 3 is 2.73 bits per heavy atom. The van der Waals surface area contributed by atoms with Crippen LogP contribution >= 0.6 is 0 Å². The minimum absolute atomic E-state index is 0.0411. The lowest BCUT2D eigenvalue weighted by Gasteiger charge is -2.19. The Bertz CT molecular complexity index is 753. The number of nitrogens with zero attached hydrogens (tertiary/aromatic N) is 3. The summed E-state index contributed by atoms with van der Waals surface area (Å²) in [7, 11) is 0. The van der Waals surface area contributed by atoms with Crippen molar-refractivity contribution in [1.29, 1.82) is 0 Å². The van der Waals surface area contributed by atoms with E-state index in [9.17, 15) is 9.59 Å². The molecule has 0 spiro atoms. The highest BCUT2D eigenvalue weighted by atomic mass is 16.5. The van der Waals surface area contributed by atoms with Crippen molar-refractivity contribution in [2.75, 3.05) is 11.4 Å². The summed E-state index contributed by atoms with van der Waals surface area (Å²) >= 11 is 0. The van der Waals surface area contributed by atoms with Crippen molar-refractivity contribution >= 4 is 17.6 Å². The van der Waals surface area contributed by atoms with Crippen LogP contribution in [0.25, 0.3) is 11.5 Å². The van der Waals surface area contributed by atoms with Crippen LogP contribution < -0.4 is 4.90 Å². The van der Waals surface area contributed by atoms with Crippen LogP contribution in [0.1, 0.15) is 17.8 Å². The van der Waals surface area contributed by atoms with Crippen molar-refractivity contribution in [2.24, 2.45) is 5.92 Å². The first kappa shape index (κ1) is 14.2. The first-order valence-electron chi connectivity index (χ1n) is 6.90. The molecule has 1 unspecified atom stereocenters. The largest absolute Gasteiger partial charge is 0.481 e. The highest BCUT2D eigenvalue weighted by molar-refractivity contribution is 5.99. The zero-order chi connectivity index (χ0) is 15.9. The zero-order valence-electron chi connectivity index (χ0n) is 12.2. The summed E-state index contributed by atoms with van der Waals surface area (Å²) in [6.07, 6.45) is 0.0411. The molecule has 114 valence electrons. The molecule has 0 bridgehead atoms. The van der Waals surface area contributed by atoms with Crippen LogP contribution in [0.4, 0.5) is 5.69 Å². The van der Waals surface area contributed by atoms with Gasteiger partial charge in [-0.3, -0.25) is 9.59 Å². The molecule has 1 fully saturated rings. The number of hydrogen-bond acceptors (Lipinski definition) is 5. The van der Waals surface area contributed by atoms with Gasteiger partial charge in [0.25, 0.3) is 5.89 Å². The molecule has 1 N–H and O–H groups in total. The van der Waals surface area contributed by atoms with Crippen molar-refractivity contribution in [2.45, 2.75) is 20.3 Å². The number of rotatable bonds is 3. The topological polar surface area (TPSA) is 96.5 Å². The van der Waals surface area contributed by atoms with Crippen LogP contribution in [0, 0.1) is 19.8 Å². The number of amides is 1. The van der Waals surface area contributed by atoms with Crippen LogP contribution in [-0.2, 0) is 9.59 Å². The lowest BCUT2D eigenvalue weighted by Crippen LogP contribution is -2.26. The highest BCUT2D eigenvalue weighted by Gasteiger charge is 2.35. The summed E-state index contributed by atoms with van der Waals surface area (Å²) in [5.74, 6) is -0.785. The Morgan fingerprint density at radius 2 is 2.18 bits per heavy atom. The molecule has 1 amide bonds. The molecule has 0 saturated carbocycles. The second-order valence-electron chi connectivity index (χ2n) is 5.39. The van der Waals surface area contributed by atoms with Gasteiger partial charge in [-0.25, -0.2) is 0 Å². The molecule has 0 aliphatic carbocycles. The monoisotopic (exact) mass is 301 g/mol. The third kappa shape index (κ3) is 2.45. The molecule has 7 heteroatoms. The molecule has 2 aromatic rings. The van der Waals surface area contributed by atoms with Gasteiger partial charge in [-0.1, -0.05) is 5.16 Å². The number of aryl methyl sites for hydroxylation is 2. The molecule has 1 saturated heterocycles. The van der Waals surface area contributed by atoms with Crippen molar-refractivity contribution < 1.29 is 19.2 Å². The number of carbonyl (C=O) groups is 2. The van der Waals surface area contributed by atoms with E-state index in [2.05, 4.69) is 10.1 Å². The van der Waals surface area contributed by atoms with Crippen LogP contribution in [0.5, 0.6) is 0 Å². The van der Waals surface area contributed by atoms with Gasteiger partial charge < -0.3 is 14.5 Å². The summed E-state index contributed by atoms with van der Waals surface area (Å²) in [6.45, 7) is 3.81. The maximum atomic E-state index is 12.0. The summed E-state index contributed by atoms with van der Waals surface area (Å²) in [5.41, 5.74) is 2.34. The normalized spacial score (nSPS) is 18.0. The van der Waals surface area contributed by atoms with Crippen LogP contribution in [-0.4, -0.2) is 33.7 Å². The van der Waals surface area contributed by atoms with E-state index in [1.165, 1.54) is 4.90 Å². The molecular weight excluding hydrogens is 286 g/mol. The van der Waals surface area contributed by atoms with Crippen molar-refractivity contribution in [3.8, 4) is 11.5 Å². The molecule has 7 nitrogen and oxygen atoms in total. The van der Waals surface area contributed by atoms with Gasteiger partial charge in [-0.15, -0.1) is 0 Å². The van der Waals surface area contributed by atoms with Gasteiger partial charge in [0.2, 0.25) is 5.91 Å². The van der Waals surface area contributed by atoms with Gasteiger partial charge in [-0.05, 0) is 37.6 Å². The second-order valence-corrected chi connectivity index (χ2v) is 5.39. The summed E-state index contributed by atoms with van der Waals surface area (Å²) in [6, 6.07) is 5.42. The lowest BCUT2D eigenvalue weighted by molar-refractivity contribution is -0.141. The smallest absolute Gasteiger partial charge is 0.308 e. The first-order chi connectivity index (χ1) is 10.5. The fraction of sp³-hybridized carbons (Fsp3) is 0.333. The zero-order valence-corrected chi connectivity index (χ0v) is 12.2. The fourth-order valence-corrected chi connectivity index (χ4v) is 2.61. The predicted molar refractivity (Wildman–Crippen MR) is 77.3 cm³/mol. The van der Waals surface area contributed by atoms with E-state index in [0.717, 1.165) is 11.1 Å². The van der Waals surface area contributed by atoms with E-state index in [4.69, 9.17) is 9.63 Å². The van der Waals surface area contributed by atoms with Gasteiger partial charge >= 0.3 is 5.97 Å². The number of aliphatic carboxylic acids is 1. The van der Waals surface area contributed by atoms with Gasteiger partial charge in [0, 0.05) is 24.2 Å². The number of benzene rings is 1. The predicted octanol–water partition coefficient (Wildman–Crippen LogP) is 1.79. The standard InChI is InChI=1S/C15H15N3O4/c1-8-5-10(14-16-9(2)17-22-14)3-4-12(8)18-7-11(15(20)21)6-13(18)19/h3-5,11H,6-7H2,1-2H3,(H,20,21). The number of aromatic nitrogens is 2. The first-order valence-corrected chi connectivity index (χ1v) is 6.90. The Hall–Kier alpha value is -2.70. The Kier molecular flexibility index (Phi) is 3.40. The van der Waals surface area contributed by atoms with E-state index in [1.807, 2.05) is 13.0 Å². The second kappa shape index (κ2) is 5.25. The number of hydrogen-bond donors (Lipinski definition) is 1. The molecule has 3 rings (SSSR count). The maximum Gasteiger partial charge on any atom is 0.308 e. The van der Waals surface area contributed by atoms with E-state index in [1.54, 1.807) is 19.1 Å². The lowest BCUT2D eigenvalue weighted by atomic mass is 10.1. The number of carbonyl (C=O) groups excluding carboxylic acids is 1.